The minimum Gasteiger partial charge on any atom is -0.488 e. The number of hydrogen-bond donors (Lipinski definition) is 0. The van der Waals surface area contributed by atoms with E-state index in [2.05, 4.69) is 4.99 Å². The molecule has 10 heteroatoms. The SMILES string of the molecule is CSc1ccc([C@@H]2C(C(=O)OC(C)C)=C(C)N=c3s/c(=C\c4cc(Cl)ccc4OCc4ccc(F)cc4)c(=O)n32)cc1. The summed E-state index contributed by atoms with van der Waals surface area (Å²) in [5.74, 6) is -0.322. The van der Waals surface area contributed by atoms with Crippen molar-refractivity contribution in [1.29, 1.82) is 0 Å². The lowest BCUT2D eigenvalue weighted by Gasteiger charge is -2.25. The van der Waals surface area contributed by atoms with Crippen LogP contribution in [0.1, 0.15) is 43.5 Å². The van der Waals surface area contributed by atoms with Crippen molar-refractivity contribution in [3.8, 4) is 5.75 Å². The second-order valence-corrected chi connectivity index (χ2v) is 12.2. The van der Waals surface area contributed by atoms with Crippen LogP contribution in [0.25, 0.3) is 6.08 Å². The number of carbonyl (C=O) groups excluding carboxylic acids is 1. The molecule has 0 saturated carbocycles. The molecule has 0 spiro atoms. The molecule has 3 aromatic carbocycles. The minimum absolute atomic E-state index is 0.205. The summed E-state index contributed by atoms with van der Waals surface area (Å²) in [5.41, 5.74) is 2.69. The second-order valence-electron chi connectivity index (χ2n) is 9.91. The standard InChI is InChI=1S/C32H28ClFN2O4S2/c1-18(2)40-31(38)28-19(3)35-32-36(29(28)21-7-12-25(41-4)13-8-21)30(37)27(42-32)16-22-15-23(33)9-14-26(22)39-17-20-5-10-24(34)11-6-20/h5-16,18,29H,17H2,1-4H3/b27-16-/t29-/m1/s1. The van der Waals surface area contributed by atoms with E-state index in [-0.39, 0.29) is 24.1 Å². The quantitative estimate of drug-likeness (QED) is 0.171. The lowest BCUT2D eigenvalue weighted by molar-refractivity contribution is -0.143. The van der Waals surface area contributed by atoms with Gasteiger partial charge < -0.3 is 9.47 Å². The molecule has 1 atom stereocenters. The van der Waals surface area contributed by atoms with Crippen molar-refractivity contribution in [3.63, 3.8) is 0 Å². The van der Waals surface area contributed by atoms with Crippen LogP contribution in [0.15, 0.2) is 92.7 Å². The maximum absolute atomic E-state index is 14.0. The summed E-state index contributed by atoms with van der Waals surface area (Å²) in [6, 6.07) is 18.3. The largest absolute Gasteiger partial charge is 0.488 e. The van der Waals surface area contributed by atoms with Crippen molar-refractivity contribution in [3.05, 3.63) is 125 Å². The molecular weight excluding hydrogens is 595 g/mol. The van der Waals surface area contributed by atoms with Gasteiger partial charge in [0.15, 0.2) is 4.80 Å². The third-order valence-electron chi connectivity index (χ3n) is 6.58. The van der Waals surface area contributed by atoms with Crippen LogP contribution < -0.4 is 19.6 Å². The van der Waals surface area contributed by atoms with Gasteiger partial charge in [0.05, 0.1) is 27.9 Å². The summed E-state index contributed by atoms with van der Waals surface area (Å²) in [6.07, 6.45) is 3.37. The molecule has 1 aliphatic rings. The van der Waals surface area contributed by atoms with Crippen molar-refractivity contribution >= 4 is 46.7 Å². The van der Waals surface area contributed by atoms with E-state index in [0.717, 1.165) is 16.0 Å². The number of thioether (sulfide) groups is 1. The Hall–Kier alpha value is -3.66. The number of carbonyl (C=O) groups is 1. The monoisotopic (exact) mass is 622 g/mol. The van der Waals surface area contributed by atoms with Crippen LogP contribution in [0.2, 0.25) is 5.02 Å². The van der Waals surface area contributed by atoms with Crippen LogP contribution in [-0.2, 0) is 16.1 Å². The number of aromatic nitrogens is 1. The molecule has 1 aromatic heterocycles. The molecule has 4 aromatic rings. The van der Waals surface area contributed by atoms with Gasteiger partial charge in [0.25, 0.3) is 5.56 Å². The molecule has 216 valence electrons. The molecule has 0 unspecified atom stereocenters. The smallest absolute Gasteiger partial charge is 0.338 e. The number of hydrogen-bond acceptors (Lipinski definition) is 7. The zero-order valence-corrected chi connectivity index (χ0v) is 25.8. The number of esters is 1. The van der Waals surface area contributed by atoms with Gasteiger partial charge in [-0.15, -0.1) is 11.8 Å². The van der Waals surface area contributed by atoms with Crippen molar-refractivity contribution in [1.82, 2.24) is 4.57 Å². The van der Waals surface area contributed by atoms with Crippen LogP contribution >= 0.6 is 34.7 Å². The van der Waals surface area contributed by atoms with Crippen LogP contribution in [0.5, 0.6) is 5.75 Å². The Balaban J connectivity index is 1.61. The maximum Gasteiger partial charge on any atom is 0.338 e. The lowest BCUT2D eigenvalue weighted by Crippen LogP contribution is -2.40. The molecule has 6 nitrogen and oxygen atoms in total. The summed E-state index contributed by atoms with van der Waals surface area (Å²) in [5, 5.41) is 0.476. The second kappa shape index (κ2) is 12.7. The van der Waals surface area contributed by atoms with Crippen LogP contribution in [0.4, 0.5) is 4.39 Å². The summed E-state index contributed by atoms with van der Waals surface area (Å²) < 4.78 is 26.9. The van der Waals surface area contributed by atoms with E-state index >= 15 is 0 Å². The number of thiazole rings is 1. The Labute approximate surface area is 255 Å². The van der Waals surface area contributed by atoms with Gasteiger partial charge in [0.1, 0.15) is 18.2 Å². The van der Waals surface area contributed by atoms with E-state index in [1.807, 2.05) is 30.5 Å². The first kappa shape index (κ1) is 29.8. The summed E-state index contributed by atoms with van der Waals surface area (Å²) in [6.45, 7) is 5.53. The van der Waals surface area contributed by atoms with Gasteiger partial charge in [-0.25, -0.2) is 14.2 Å². The summed E-state index contributed by atoms with van der Waals surface area (Å²) in [7, 11) is 0. The third-order valence-corrected chi connectivity index (χ3v) is 8.54. The zero-order valence-electron chi connectivity index (χ0n) is 23.4. The van der Waals surface area contributed by atoms with E-state index in [9.17, 15) is 14.0 Å². The molecule has 0 bridgehead atoms. The van der Waals surface area contributed by atoms with Crippen molar-refractivity contribution in [2.24, 2.45) is 4.99 Å². The van der Waals surface area contributed by atoms with E-state index in [0.29, 0.717) is 36.9 Å². The molecule has 0 aliphatic carbocycles. The zero-order chi connectivity index (χ0) is 30.0. The first-order chi connectivity index (χ1) is 20.1. The highest BCUT2D eigenvalue weighted by atomic mass is 35.5. The Morgan fingerprint density at radius 3 is 2.52 bits per heavy atom. The topological polar surface area (TPSA) is 69.9 Å². The highest BCUT2D eigenvalue weighted by molar-refractivity contribution is 7.98. The first-order valence-electron chi connectivity index (χ1n) is 13.2. The molecule has 0 fully saturated rings. The van der Waals surface area contributed by atoms with Crippen molar-refractivity contribution in [2.45, 2.75) is 44.4 Å². The molecule has 1 aliphatic heterocycles. The number of allylic oxidation sites excluding steroid dienone is 1. The van der Waals surface area contributed by atoms with Gasteiger partial charge in [0, 0.05) is 15.5 Å². The Kier molecular flexibility index (Phi) is 9.01. The van der Waals surface area contributed by atoms with Crippen molar-refractivity contribution in [2.75, 3.05) is 6.26 Å². The molecule has 2 heterocycles. The molecule has 0 amide bonds. The number of benzene rings is 3. The third kappa shape index (κ3) is 6.38. The van der Waals surface area contributed by atoms with E-state index < -0.39 is 12.0 Å². The maximum atomic E-state index is 14.0. The van der Waals surface area contributed by atoms with E-state index in [4.69, 9.17) is 21.1 Å². The number of ether oxygens (including phenoxy) is 2. The highest BCUT2D eigenvalue weighted by Crippen LogP contribution is 2.32. The highest BCUT2D eigenvalue weighted by Gasteiger charge is 2.33. The molecule has 42 heavy (non-hydrogen) atoms. The van der Waals surface area contributed by atoms with Crippen molar-refractivity contribution < 1.29 is 18.7 Å². The fourth-order valence-electron chi connectivity index (χ4n) is 4.61. The average Bonchev–Trinajstić information content (AvgIpc) is 3.26. The molecule has 0 N–H and O–H groups in total. The molecule has 0 saturated heterocycles. The normalized spacial score (nSPS) is 15.0. The fourth-order valence-corrected chi connectivity index (χ4v) is 6.23. The van der Waals surface area contributed by atoms with Gasteiger partial charge in [-0.05, 0) is 86.7 Å². The first-order valence-corrected chi connectivity index (χ1v) is 15.6. The number of fused-ring (bicyclic) bond motifs is 1. The Bertz CT molecular complexity index is 1850. The molecule has 0 radical (unpaired) electrons. The molecular formula is C32H28ClFN2O4S2. The summed E-state index contributed by atoms with van der Waals surface area (Å²) >= 11 is 9.15. The number of rotatable bonds is 8. The average molecular weight is 623 g/mol. The van der Waals surface area contributed by atoms with E-state index in [1.165, 1.54) is 23.5 Å². The van der Waals surface area contributed by atoms with Gasteiger partial charge in [-0.1, -0.05) is 47.2 Å². The lowest BCUT2D eigenvalue weighted by atomic mass is 9.96. The predicted octanol–water partition coefficient (Wildman–Crippen LogP) is 6.28. The van der Waals surface area contributed by atoms with Gasteiger partial charge >= 0.3 is 5.97 Å². The van der Waals surface area contributed by atoms with Crippen LogP contribution in [0, 0.1) is 5.82 Å². The van der Waals surface area contributed by atoms with Gasteiger partial charge in [-0.3, -0.25) is 9.36 Å². The predicted molar refractivity (Wildman–Crippen MR) is 165 cm³/mol. The van der Waals surface area contributed by atoms with Crippen LogP contribution in [0.3, 0.4) is 0 Å². The molecule has 5 rings (SSSR count). The van der Waals surface area contributed by atoms with E-state index in [1.54, 1.807) is 73.5 Å². The number of nitrogens with zero attached hydrogens (tertiary/aromatic N) is 2. The van der Waals surface area contributed by atoms with Gasteiger partial charge in [0.2, 0.25) is 0 Å². The number of halogens is 2. The fraction of sp³-hybridized carbons (Fsp3) is 0.219. The minimum atomic E-state index is -0.709. The summed E-state index contributed by atoms with van der Waals surface area (Å²) in [4.78, 5) is 33.5. The van der Waals surface area contributed by atoms with Crippen LogP contribution in [-0.4, -0.2) is 22.9 Å². The Morgan fingerprint density at radius 2 is 1.86 bits per heavy atom. The van der Waals surface area contributed by atoms with Gasteiger partial charge in [-0.2, -0.15) is 0 Å². The Morgan fingerprint density at radius 1 is 1.14 bits per heavy atom.